The first kappa shape index (κ1) is 24.4. The molecule has 2 fully saturated rings. The van der Waals surface area contributed by atoms with Crippen LogP contribution in [0.15, 0.2) is 27.8 Å². The van der Waals surface area contributed by atoms with E-state index in [2.05, 4.69) is 22.5 Å². The monoisotopic (exact) mass is 520 g/mol. The zero-order chi connectivity index (χ0) is 19.7. The molecule has 1 atom stereocenters. The first-order valence-electron chi connectivity index (χ1n) is 10.7. The summed E-state index contributed by atoms with van der Waals surface area (Å²) in [5.74, 6) is 1.84. The molecule has 0 saturated carbocycles. The van der Waals surface area contributed by atoms with Gasteiger partial charge in [0.05, 0.1) is 18.4 Å². The van der Waals surface area contributed by atoms with Crippen molar-refractivity contribution in [2.75, 3.05) is 53.0 Å². The van der Waals surface area contributed by atoms with Crippen LogP contribution in [0.25, 0.3) is 0 Å². The lowest BCUT2D eigenvalue weighted by Crippen LogP contribution is -2.47. The van der Waals surface area contributed by atoms with Crippen molar-refractivity contribution in [3.63, 3.8) is 0 Å². The molecule has 7 nitrogen and oxygen atoms in total. The maximum absolute atomic E-state index is 5.84. The van der Waals surface area contributed by atoms with Gasteiger partial charge in [-0.05, 0) is 38.1 Å². The van der Waals surface area contributed by atoms with Gasteiger partial charge in [0, 0.05) is 58.7 Å². The average Bonchev–Trinajstić information content (AvgIpc) is 3.42. The third-order valence-electron chi connectivity index (χ3n) is 6.02. The molecule has 1 aromatic rings. The number of hydrogen-bond acceptors (Lipinski definition) is 5. The second-order valence-corrected chi connectivity index (χ2v) is 7.73. The van der Waals surface area contributed by atoms with E-state index < -0.39 is 0 Å². The topological polar surface area (TPSA) is 71.3 Å². The van der Waals surface area contributed by atoms with Crippen LogP contribution in [-0.4, -0.2) is 75.5 Å². The number of hydrogen-bond donors (Lipinski definition) is 2. The third kappa shape index (κ3) is 7.41. The van der Waals surface area contributed by atoms with Crippen LogP contribution < -0.4 is 10.6 Å². The van der Waals surface area contributed by atoms with E-state index in [9.17, 15) is 0 Å². The molecule has 0 spiro atoms. The molecule has 29 heavy (non-hydrogen) atoms. The highest BCUT2D eigenvalue weighted by molar-refractivity contribution is 14.0. The standard InChI is InChI=1S/C21H36N4O3.HI/c1-3-25-12-4-6-18(25)16-23-20(22-11-8-19-7-5-13-28-19)24-17-21(26-2)9-14-27-15-10-21;/h5,7,13,18H,3-4,6,8-12,14-17H2,1-2H3,(H2,22,23,24);1H. The lowest BCUT2D eigenvalue weighted by molar-refractivity contribution is -0.0828. The summed E-state index contributed by atoms with van der Waals surface area (Å²) >= 11 is 0. The molecule has 1 unspecified atom stereocenters. The van der Waals surface area contributed by atoms with E-state index in [0.29, 0.717) is 12.6 Å². The van der Waals surface area contributed by atoms with Crippen LogP contribution in [0.1, 0.15) is 38.4 Å². The number of nitrogens with one attached hydrogen (secondary N) is 2. The van der Waals surface area contributed by atoms with Gasteiger partial charge in [-0.2, -0.15) is 0 Å². The van der Waals surface area contributed by atoms with Crippen molar-refractivity contribution in [3.8, 4) is 0 Å². The minimum atomic E-state index is -0.212. The Balaban J connectivity index is 0.00000300. The molecule has 3 heterocycles. The second-order valence-electron chi connectivity index (χ2n) is 7.73. The summed E-state index contributed by atoms with van der Waals surface area (Å²) in [5.41, 5.74) is -0.212. The molecule has 3 rings (SSSR count). The molecule has 2 saturated heterocycles. The van der Waals surface area contributed by atoms with E-state index in [4.69, 9.17) is 18.9 Å². The summed E-state index contributed by atoms with van der Waals surface area (Å²) in [6.45, 7) is 8.38. The maximum Gasteiger partial charge on any atom is 0.191 e. The number of guanidine groups is 1. The minimum Gasteiger partial charge on any atom is -0.469 e. The number of furan rings is 1. The first-order valence-corrected chi connectivity index (χ1v) is 10.7. The highest BCUT2D eigenvalue weighted by atomic mass is 127. The summed E-state index contributed by atoms with van der Waals surface area (Å²) in [6, 6.07) is 4.52. The predicted octanol–water partition coefficient (Wildman–Crippen LogP) is 2.66. The van der Waals surface area contributed by atoms with E-state index >= 15 is 0 Å². The molecule has 2 aliphatic heterocycles. The van der Waals surface area contributed by atoms with Gasteiger partial charge in [-0.1, -0.05) is 6.92 Å². The highest BCUT2D eigenvalue weighted by Gasteiger charge is 2.32. The average molecular weight is 520 g/mol. The fraction of sp³-hybridized carbons (Fsp3) is 0.762. The third-order valence-corrected chi connectivity index (χ3v) is 6.02. The van der Waals surface area contributed by atoms with Crippen molar-refractivity contribution in [2.24, 2.45) is 4.99 Å². The number of methoxy groups -OCH3 is 1. The van der Waals surface area contributed by atoms with E-state index in [1.54, 1.807) is 13.4 Å². The second kappa shape index (κ2) is 12.8. The van der Waals surface area contributed by atoms with Crippen LogP contribution in [0, 0.1) is 0 Å². The number of likely N-dealkylation sites (N-methyl/N-ethyl adjacent to an activating group) is 1. The van der Waals surface area contributed by atoms with E-state index in [0.717, 1.165) is 63.8 Å². The number of halogens is 1. The zero-order valence-corrected chi connectivity index (χ0v) is 20.2. The van der Waals surface area contributed by atoms with Gasteiger partial charge in [0.25, 0.3) is 0 Å². The summed E-state index contributed by atoms with van der Waals surface area (Å²) in [6.07, 6.45) is 6.86. The van der Waals surface area contributed by atoms with E-state index in [1.165, 1.54) is 19.4 Å². The Labute approximate surface area is 192 Å². The van der Waals surface area contributed by atoms with Crippen LogP contribution in [0.2, 0.25) is 0 Å². The molecule has 0 amide bonds. The van der Waals surface area contributed by atoms with E-state index in [-0.39, 0.29) is 29.6 Å². The van der Waals surface area contributed by atoms with Gasteiger partial charge in [0.1, 0.15) is 5.76 Å². The first-order chi connectivity index (χ1) is 13.7. The van der Waals surface area contributed by atoms with Crippen molar-refractivity contribution in [1.82, 2.24) is 15.5 Å². The summed E-state index contributed by atoms with van der Waals surface area (Å²) in [4.78, 5) is 7.43. The van der Waals surface area contributed by atoms with Crippen molar-refractivity contribution in [2.45, 2.75) is 50.7 Å². The number of nitrogens with zero attached hydrogens (tertiary/aromatic N) is 2. The molecule has 0 bridgehead atoms. The predicted molar refractivity (Wildman–Crippen MR) is 126 cm³/mol. The Morgan fingerprint density at radius 1 is 1.34 bits per heavy atom. The maximum atomic E-state index is 5.84. The fourth-order valence-corrected chi connectivity index (χ4v) is 4.08. The van der Waals surface area contributed by atoms with Gasteiger partial charge in [-0.25, -0.2) is 0 Å². The van der Waals surface area contributed by atoms with Gasteiger partial charge in [-0.3, -0.25) is 9.89 Å². The van der Waals surface area contributed by atoms with Crippen molar-refractivity contribution >= 4 is 29.9 Å². The quantitative estimate of drug-likeness (QED) is 0.297. The zero-order valence-electron chi connectivity index (χ0n) is 17.8. The molecular formula is C21H37IN4O3. The number of likely N-dealkylation sites (tertiary alicyclic amines) is 1. The van der Waals surface area contributed by atoms with Gasteiger partial charge in [0.15, 0.2) is 5.96 Å². The minimum absolute atomic E-state index is 0. The van der Waals surface area contributed by atoms with Gasteiger partial charge >= 0.3 is 0 Å². The van der Waals surface area contributed by atoms with Crippen LogP contribution >= 0.6 is 24.0 Å². The summed E-state index contributed by atoms with van der Waals surface area (Å²) < 4.78 is 16.8. The highest BCUT2D eigenvalue weighted by Crippen LogP contribution is 2.24. The Morgan fingerprint density at radius 2 is 2.17 bits per heavy atom. The normalized spacial score (nSPS) is 22.3. The van der Waals surface area contributed by atoms with Gasteiger partial charge in [-0.15, -0.1) is 24.0 Å². The molecule has 0 radical (unpaired) electrons. The smallest absolute Gasteiger partial charge is 0.191 e. The Bertz CT molecular complexity index is 591. The fourth-order valence-electron chi connectivity index (χ4n) is 4.08. The molecule has 2 aliphatic rings. The molecule has 2 N–H and O–H groups in total. The largest absolute Gasteiger partial charge is 0.469 e. The lowest BCUT2D eigenvalue weighted by atomic mass is 9.94. The van der Waals surface area contributed by atoms with Crippen LogP contribution in [0.5, 0.6) is 0 Å². The van der Waals surface area contributed by atoms with E-state index in [1.807, 2.05) is 12.1 Å². The number of ether oxygens (including phenoxy) is 2. The van der Waals surface area contributed by atoms with Crippen molar-refractivity contribution in [1.29, 1.82) is 0 Å². The summed E-state index contributed by atoms with van der Waals surface area (Å²) in [5, 5.41) is 7.04. The molecule has 0 aromatic carbocycles. The number of aliphatic imine (C=N–C) groups is 1. The van der Waals surface area contributed by atoms with Crippen LogP contribution in [0.3, 0.4) is 0 Å². The SMILES string of the molecule is CCN1CCCC1CNC(=NCC1(OC)CCOCC1)NCCc1ccco1.I. The number of rotatable bonds is 9. The molecule has 1 aromatic heterocycles. The molecular weight excluding hydrogens is 483 g/mol. The lowest BCUT2D eigenvalue weighted by Gasteiger charge is -2.34. The Kier molecular flexibility index (Phi) is 10.8. The molecule has 8 heteroatoms. The Morgan fingerprint density at radius 3 is 2.86 bits per heavy atom. The molecule has 0 aliphatic carbocycles. The van der Waals surface area contributed by atoms with Crippen molar-refractivity contribution < 1.29 is 13.9 Å². The summed E-state index contributed by atoms with van der Waals surface area (Å²) in [7, 11) is 1.79. The van der Waals surface area contributed by atoms with Crippen LogP contribution in [0.4, 0.5) is 0 Å². The van der Waals surface area contributed by atoms with Gasteiger partial charge < -0.3 is 24.5 Å². The van der Waals surface area contributed by atoms with Crippen LogP contribution in [-0.2, 0) is 15.9 Å². The van der Waals surface area contributed by atoms with Crippen molar-refractivity contribution in [3.05, 3.63) is 24.2 Å². The molecule has 166 valence electrons. The van der Waals surface area contributed by atoms with Gasteiger partial charge in [0.2, 0.25) is 0 Å². The Hall–Kier alpha value is -0.840.